The molecular weight excluding hydrogens is 332 g/mol. The van der Waals surface area contributed by atoms with Gasteiger partial charge in [-0.25, -0.2) is 4.98 Å². The van der Waals surface area contributed by atoms with E-state index >= 15 is 0 Å². The predicted molar refractivity (Wildman–Crippen MR) is 102 cm³/mol. The molecule has 0 fully saturated rings. The number of fused-ring (bicyclic) bond motifs is 3. The van der Waals surface area contributed by atoms with E-state index in [0.717, 1.165) is 48.4 Å². The highest BCUT2D eigenvalue weighted by atomic mass is 32.1. The van der Waals surface area contributed by atoms with Crippen molar-refractivity contribution in [1.82, 2.24) is 14.5 Å². The minimum atomic E-state index is 0.101. The molecule has 3 rings (SSSR count). The number of unbranched alkanes of at least 4 members (excludes halogenated alkanes) is 1. The molecule has 134 valence electrons. The molecule has 5 nitrogen and oxygen atoms in total. The molecule has 6 heteroatoms. The zero-order valence-corrected chi connectivity index (χ0v) is 16.0. The second-order valence-corrected chi connectivity index (χ2v) is 7.68. The van der Waals surface area contributed by atoms with Gasteiger partial charge in [0.15, 0.2) is 0 Å². The van der Waals surface area contributed by atoms with Crippen molar-refractivity contribution in [2.24, 2.45) is 0 Å². The molecular formula is C19H26N4OS. The van der Waals surface area contributed by atoms with E-state index in [0.29, 0.717) is 25.9 Å². The van der Waals surface area contributed by atoms with Crippen molar-refractivity contribution in [3.05, 3.63) is 26.6 Å². The van der Waals surface area contributed by atoms with Crippen molar-refractivity contribution in [3.63, 3.8) is 0 Å². The Morgan fingerprint density at radius 2 is 2.04 bits per heavy atom. The molecule has 2 aromatic heterocycles. The van der Waals surface area contributed by atoms with Gasteiger partial charge in [-0.05, 0) is 50.8 Å². The van der Waals surface area contributed by atoms with Gasteiger partial charge in [0.05, 0.1) is 18.0 Å². The Bertz CT molecular complexity index is 842. The van der Waals surface area contributed by atoms with E-state index < -0.39 is 0 Å². The van der Waals surface area contributed by atoms with Gasteiger partial charge in [-0.3, -0.25) is 14.3 Å². The van der Waals surface area contributed by atoms with Gasteiger partial charge in [0.1, 0.15) is 10.7 Å². The van der Waals surface area contributed by atoms with Gasteiger partial charge in [-0.15, -0.1) is 11.3 Å². The highest BCUT2D eigenvalue weighted by Crippen LogP contribution is 2.33. The highest BCUT2D eigenvalue weighted by Gasteiger charge is 2.22. The lowest BCUT2D eigenvalue weighted by Crippen LogP contribution is -2.31. The molecule has 0 atom stereocenters. The summed E-state index contributed by atoms with van der Waals surface area (Å²) < 4.78 is 1.83. The molecule has 0 aliphatic heterocycles. The van der Waals surface area contributed by atoms with E-state index in [1.807, 2.05) is 4.57 Å². The Hall–Kier alpha value is -1.71. The second kappa shape index (κ2) is 8.11. The Morgan fingerprint density at radius 3 is 2.76 bits per heavy atom. The molecule has 2 aromatic rings. The molecule has 0 saturated carbocycles. The van der Waals surface area contributed by atoms with Crippen LogP contribution < -0.4 is 5.56 Å². The van der Waals surface area contributed by atoms with Gasteiger partial charge in [0.2, 0.25) is 0 Å². The average Bonchev–Trinajstić information content (AvgIpc) is 3.00. The number of aryl methyl sites for hydroxylation is 2. The van der Waals surface area contributed by atoms with Crippen LogP contribution in [0.5, 0.6) is 0 Å². The first-order valence-electron chi connectivity index (χ1n) is 9.32. The van der Waals surface area contributed by atoms with Gasteiger partial charge in [-0.2, -0.15) is 5.26 Å². The van der Waals surface area contributed by atoms with Crippen LogP contribution in [-0.4, -0.2) is 27.5 Å². The van der Waals surface area contributed by atoms with Gasteiger partial charge in [0.25, 0.3) is 5.56 Å². The maximum Gasteiger partial charge on any atom is 0.262 e. The molecule has 0 bridgehead atoms. The molecule has 1 aliphatic carbocycles. The number of thiophene rings is 1. The van der Waals surface area contributed by atoms with Crippen LogP contribution in [0.3, 0.4) is 0 Å². The van der Waals surface area contributed by atoms with E-state index in [4.69, 9.17) is 10.2 Å². The van der Waals surface area contributed by atoms with Crippen molar-refractivity contribution in [2.45, 2.75) is 65.5 Å². The molecule has 0 spiro atoms. The predicted octanol–water partition coefficient (Wildman–Crippen LogP) is 3.48. The van der Waals surface area contributed by atoms with E-state index in [1.165, 1.54) is 16.9 Å². The third-order valence-electron chi connectivity index (χ3n) is 5.08. The van der Waals surface area contributed by atoms with Crippen molar-refractivity contribution in [2.75, 3.05) is 13.1 Å². The summed E-state index contributed by atoms with van der Waals surface area (Å²) in [6, 6.07) is 2.18. The fraction of sp³-hybridized carbons (Fsp3) is 0.632. The smallest absolute Gasteiger partial charge is 0.262 e. The molecule has 0 unspecified atom stereocenters. The molecule has 1 aliphatic rings. The monoisotopic (exact) mass is 358 g/mol. The minimum absolute atomic E-state index is 0.101. The van der Waals surface area contributed by atoms with Crippen LogP contribution >= 0.6 is 11.3 Å². The summed E-state index contributed by atoms with van der Waals surface area (Å²) in [5, 5.41) is 9.69. The summed E-state index contributed by atoms with van der Waals surface area (Å²) in [4.78, 5) is 22.7. The first-order valence-corrected chi connectivity index (χ1v) is 10.1. The van der Waals surface area contributed by atoms with E-state index in [9.17, 15) is 4.79 Å². The molecule has 0 amide bonds. The topological polar surface area (TPSA) is 61.9 Å². The number of nitriles is 1. The van der Waals surface area contributed by atoms with Gasteiger partial charge < -0.3 is 0 Å². The van der Waals surface area contributed by atoms with Crippen LogP contribution in [0.4, 0.5) is 0 Å². The summed E-state index contributed by atoms with van der Waals surface area (Å²) in [6.07, 6.45) is 5.62. The third-order valence-corrected chi connectivity index (χ3v) is 6.27. The molecule has 0 radical (unpaired) electrons. The van der Waals surface area contributed by atoms with Crippen molar-refractivity contribution in [3.8, 4) is 6.07 Å². The van der Waals surface area contributed by atoms with Crippen molar-refractivity contribution in [1.29, 1.82) is 5.26 Å². The molecule has 0 aromatic carbocycles. The van der Waals surface area contributed by atoms with Crippen LogP contribution in [0.1, 0.15) is 55.8 Å². The number of hydrogen-bond donors (Lipinski definition) is 0. The largest absolute Gasteiger partial charge is 0.297 e. The lowest BCUT2D eigenvalue weighted by molar-refractivity contribution is 0.281. The molecule has 0 N–H and O–H groups in total. The van der Waals surface area contributed by atoms with E-state index in [2.05, 4.69) is 24.8 Å². The average molecular weight is 359 g/mol. The summed E-state index contributed by atoms with van der Waals surface area (Å²) in [7, 11) is 0. The van der Waals surface area contributed by atoms with Crippen molar-refractivity contribution >= 4 is 21.6 Å². The second-order valence-electron chi connectivity index (χ2n) is 6.60. The van der Waals surface area contributed by atoms with Gasteiger partial charge in [0, 0.05) is 17.8 Å². The summed E-state index contributed by atoms with van der Waals surface area (Å²) in [6.45, 7) is 7.39. The van der Waals surface area contributed by atoms with Crippen LogP contribution in [0.15, 0.2) is 4.79 Å². The Balaban J connectivity index is 2.10. The fourth-order valence-electron chi connectivity index (χ4n) is 3.60. The first kappa shape index (κ1) is 18.1. The van der Waals surface area contributed by atoms with Crippen LogP contribution in [0, 0.1) is 11.3 Å². The number of hydrogen-bond acceptors (Lipinski definition) is 5. The number of nitrogens with zero attached hydrogens (tertiary/aromatic N) is 4. The molecule has 25 heavy (non-hydrogen) atoms. The van der Waals surface area contributed by atoms with E-state index in [-0.39, 0.29) is 5.56 Å². The Kier molecular flexibility index (Phi) is 5.87. The zero-order chi connectivity index (χ0) is 17.8. The lowest BCUT2D eigenvalue weighted by atomic mass is 9.97. The first-order chi connectivity index (χ1) is 12.2. The fourth-order valence-corrected chi connectivity index (χ4v) is 4.87. The highest BCUT2D eigenvalue weighted by molar-refractivity contribution is 7.18. The maximum atomic E-state index is 13.3. The van der Waals surface area contributed by atoms with Crippen LogP contribution in [-0.2, 0) is 25.9 Å². The standard InChI is InChI=1S/C19H26N4OS/c1-3-22(4-2)13-16-21-18-17(14-9-5-6-10-15(14)25-18)19(24)23(16)12-8-7-11-20/h3-10,12-13H2,1-2H3. The third kappa shape index (κ3) is 3.63. The number of rotatable bonds is 7. The summed E-state index contributed by atoms with van der Waals surface area (Å²) in [5.74, 6) is 0.845. The summed E-state index contributed by atoms with van der Waals surface area (Å²) in [5.41, 5.74) is 1.34. The molecule has 2 heterocycles. The van der Waals surface area contributed by atoms with Gasteiger partial charge >= 0.3 is 0 Å². The zero-order valence-electron chi connectivity index (χ0n) is 15.2. The normalized spacial score (nSPS) is 14.0. The minimum Gasteiger partial charge on any atom is -0.297 e. The van der Waals surface area contributed by atoms with E-state index in [1.54, 1.807) is 11.3 Å². The Labute approximate surface area is 152 Å². The maximum absolute atomic E-state index is 13.3. The Morgan fingerprint density at radius 1 is 1.28 bits per heavy atom. The number of aromatic nitrogens is 2. The van der Waals surface area contributed by atoms with Crippen LogP contribution in [0.25, 0.3) is 10.2 Å². The lowest BCUT2D eigenvalue weighted by Gasteiger charge is -2.20. The SMILES string of the molecule is CCN(CC)Cc1nc2sc3c(c2c(=O)n1CCCC#N)CCCC3. The molecule has 0 saturated heterocycles. The van der Waals surface area contributed by atoms with Gasteiger partial charge in [-0.1, -0.05) is 13.8 Å². The summed E-state index contributed by atoms with van der Waals surface area (Å²) >= 11 is 1.71. The van der Waals surface area contributed by atoms with Crippen LogP contribution in [0.2, 0.25) is 0 Å². The van der Waals surface area contributed by atoms with Crippen molar-refractivity contribution < 1.29 is 0 Å². The quantitative estimate of drug-likeness (QED) is 0.711.